The van der Waals surface area contributed by atoms with Crippen LogP contribution in [0.5, 0.6) is 0 Å². The third-order valence-electron chi connectivity index (χ3n) is 4.43. The molecule has 1 saturated carbocycles. The first-order chi connectivity index (χ1) is 11.7. The fraction of sp³-hybridized carbons (Fsp3) is 0.353. The van der Waals surface area contributed by atoms with Gasteiger partial charge >= 0.3 is 6.03 Å². The summed E-state index contributed by atoms with van der Waals surface area (Å²) in [7, 11) is 0. The van der Waals surface area contributed by atoms with Crippen molar-refractivity contribution in [1.82, 2.24) is 9.97 Å². The predicted molar refractivity (Wildman–Crippen MR) is 90.4 cm³/mol. The van der Waals surface area contributed by atoms with Crippen molar-refractivity contribution in [2.75, 3.05) is 22.9 Å². The molecule has 5 nitrogen and oxygen atoms in total. The fourth-order valence-corrected chi connectivity index (χ4v) is 3.34. The Balaban J connectivity index is 1.64. The molecule has 0 spiro atoms. The normalized spacial score (nSPS) is 17.7. The Morgan fingerprint density at radius 1 is 1.25 bits per heavy atom. The van der Waals surface area contributed by atoms with E-state index >= 15 is 0 Å². The summed E-state index contributed by atoms with van der Waals surface area (Å²) in [5.41, 5.74) is 2.85. The second kappa shape index (κ2) is 6.02. The summed E-state index contributed by atoms with van der Waals surface area (Å²) in [6.45, 7) is 0.368. The van der Waals surface area contributed by atoms with Gasteiger partial charge in [0.2, 0.25) is 0 Å². The molecular formula is C17H16ClFN4O. The van der Waals surface area contributed by atoms with Crippen LogP contribution >= 0.6 is 11.6 Å². The Morgan fingerprint density at radius 2 is 2.04 bits per heavy atom. The third-order valence-corrected chi connectivity index (χ3v) is 4.62. The molecule has 2 amide bonds. The summed E-state index contributed by atoms with van der Waals surface area (Å²) in [4.78, 5) is 24.3. The standard InChI is InChI=1S/C17H16ClFN4O/c18-16-8-13(7-12(9-19)21-16)22-5-6-23(17(22)24)15-10-20-4-3-14(15)11-1-2-11/h3-4,7-8,10-11H,1-2,5-6,9H2. The van der Waals surface area contributed by atoms with Crippen molar-refractivity contribution >= 4 is 29.0 Å². The minimum absolute atomic E-state index is 0.142. The molecule has 0 radical (unpaired) electrons. The topological polar surface area (TPSA) is 49.3 Å². The Kier molecular flexibility index (Phi) is 3.84. The van der Waals surface area contributed by atoms with Gasteiger partial charge in [-0.2, -0.15) is 0 Å². The number of alkyl halides is 1. The molecule has 2 aromatic heterocycles. The summed E-state index contributed by atoms with van der Waals surface area (Å²) >= 11 is 5.94. The number of hydrogen-bond donors (Lipinski definition) is 0. The summed E-state index contributed by atoms with van der Waals surface area (Å²) in [6.07, 6.45) is 5.83. The fourth-order valence-electron chi connectivity index (χ4n) is 3.12. The number of carbonyl (C=O) groups is 1. The van der Waals surface area contributed by atoms with Crippen LogP contribution < -0.4 is 9.80 Å². The molecule has 0 aromatic carbocycles. The van der Waals surface area contributed by atoms with Crippen molar-refractivity contribution in [3.05, 3.63) is 47.0 Å². The summed E-state index contributed by atoms with van der Waals surface area (Å²) in [5.74, 6) is 0.526. The molecule has 0 atom stereocenters. The van der Waals surface area contributed by atoms with Gasteiger partial charge in [-0.25, -0.2) is 14.2 Å². The molecule has 0 N–H and O–H groups in total. The van der Waals surface area contributed by atoms with Crippen LogP contribution in [0.4, 0.5) is 20.6 Å². The first-order valence-corrected chi connectivity index (χ1v) is 8.30. The monoisotopic (exact) mass is 346 g/mol. The Morgan fingerprint density at radius 3 is 2.79 bits per heavy atom. The molecule has 0 unspecified atom stereocenters. The van der Waals surface area contributed by atoms with E-state index in [4.69, 9.17) is 11.6 Å². The zero-order valence-corrected chi connectivity index (χ0v) is 13.7. The van der Waals surface area contributed by atoms with E-state index in [-0.39, 0.29) is 16.9 Å². The highest BCUT2D eigenvalue weighted by molar-refractivity contribution is 6.29. The van der Waals surface area contributed by atoms with Gasteiger partial charge in [-0.1, -0.05) is 11.6 Å². The van der Waals surface area contributed by atoms with E-state index < -0.39 is 6.67 Å². The number of urea groups is 1. The highest BCUT2D eigenvalue weighted by Gasteiger charge is 2.35. The van der Waals surface area contributed by atoms with Crippen molar-refractivity contribution < 1.29 is 9.18 Å². The number of carbonyl (C=O) groups excluding carboxylic acids is 1. The molecule has 2 aliphatic rings. The van der Waals surface area contributed by atoms with Gasteiger partial charge in [0.1, 0.15) is 11.8 Å². The zero-order chi connectivity index (χ0) is 16.7. The molecule has 3 heterocycles. The second-order valence-electron chi connectivity index (χ2n) is 6.07. The molecule has 7 heteroatoms. The van der Waals surface area contributed by atoms with Crippen LogP contribution in [0, 0.1) is 0 Å². The number of aromatic nitrogens is 2. The van der Waals surface area contributed by atoms with Crippen LogP contribution in [0.2, 0.25) is 5.15 Å². The lowest BCUT2D eigenvalue weighted by Crippen LogP contribution is -2.32. The van der Waals surface area contributed by atoms with Crippen molar-refractivity contribution in [2.45, 2.75) is 25.4 Å². The van der Waals surface area contributed by atoms with E-state index in [2.05, 4.69) is 9.97 Å². The highest BCUT2D eigenvalue weighted by Crippen LogP contribution is 2.44. The summed E-state index contributed by atoms with van der Waals surface area (Å²) in [6, 6.07) is 5.01. The molecular weight excluding hydrogens is 331 g/mol. The van der Waals surface area contributed by atoms with E-state index in [9.17, 15) is 9.18 Å². The number of halogens is 2. The van der Waals surface area contributed by atoms with Gasteiger partial charge in [0.05, 0.1) is 23.3 Å². The van der Waals surface area contributed by atoms with E-state index in [1.165, 1.54) is 5.56 Å². The van der Waals surface area contributed by atoms with Gasteiger partial charge in [0.25, 0.3) is 0 Å². The summed E-state index contributed by atoms with van der Waals surface area (Å²) < 4.78 is 12.9. The minimum atomic E-state index is -0.715. The largest absolute Gasteiger partial charge is 0.329 e. The van der Waals surface area contributed by atoms with Crippen LogP contribution in [0.25, 0.3) is 0 Å². The smallest absolute Gasteiger partial charge is 0.292 e. The lowest BCUT2D eigenvalue weighted by molar-refractivity contribution is 0.256. The van der Waals surface area contributed by atoms with E-state index in [1.54, 1.807) is 34.3 Å². The van der Waals surface area contributed by atoms with Gasteiger partial charge in [0.15, 0.2) is 0 Å². The van der Waals surface area contributed by atoms with Gasteiger partial charge in [-0.3, -0.25) is 14.8 Å². The average molecular weight is 347 g/mol. The maximum absolute atomic E-state index is 12.9. The number of hydrogen-bond acceptors (Lipinski definition) is 3. The zero-order valence-electron chi connectivity index (χ0n) is 13.0. The van der Waals surface area contributed by atoms with Crippen molar-refractivity contribution in [3.63, 3.8) is 0 Å². The SMILES string of the molecule is O=C1N(c2cc(Cl)nc(CF)c2)CCN1c1cnccc1C1CC1. The van der Waals surface area contributed by atoms with Crippen LogP contribution in [0.15, 0.2) is 30.6 Å². The van der Waals surface area contributed by atoms with Gasteiger partial charge in [-0.15, -0.1) is 0 Å². The quantitative estimate of drug-likeness (QED) is 0.788. The number of pyridine rings is 2. The van der Waals surface area contributed by atoms with Crippen LogP contribution in [0.1, 0.15) is 30.0 Å². The molecule has 1 aliphatic heterocycles. The molecule has 124 valence electrons. The molecule has 24 heavy (non-hydrogen) atoms. The molecule has 2 aromatic rings. The first kappa shape index (κ1) is 15.3. The van der Waals surface area contributed by atoms with E-state index in [1.807, 2.05) is 6.07 Å². The first-order valence-electron chi connectivity index (χ1n) is 7.92. The van der Waals surface area contributed by atoms with Gasteiger partial charge in [0, 0.05) is 19.3 Å². The highest BCUT2D eigenvalue weighted by atomic mass is 35.5. The lowest BCUT2D eigenvalue weighted by Gasteiger charge is -2.21. The maximum Gasteiger partial charge on any atom is 0.329 e. The van der Waals surface area contributed by atoms with Crippen molar-refractivity contribution in [3.8, 4) is 0 Å². The van der Waals surface area contributed by atoms with E-state index in [0.717, 1.165) is 18.5 Å². The van der Waals surface area contributed by atoms with Crippen molar-refractivity contribution in [2.24, 2.45) is 0 Å². The minimum Gasteiger partial charge on any atom is -0.292 e. The average Bonchev–Trinajstić information content (AvgIpc) is 3.37. The van der Waals surface area contributed by atoms with E-state index in [0.29, 0.717) is 24.7 Å². The lowest BCUT2D eigenvalue weighted by atomic mass is 10.1. The van der Waals surface area contributed by atoms with Gasteiger partial charge in [-0.05, 0) is 42.5 Å². The molecule has 1 aliphatic carbocycles. The number of rotatable bonds is 4. The Hall–Kier alpha value is -2.21. The number of anilines is 2. The van der Waals surface area contributed by atoms with Crippen LogP contribution in [-0.4, -0.2) is 29.1 Å². The second-order valence-corrected chi connectivity index (χ2v) is 6.45. The third kappa shape index (κ3) is 2.71. The van der Waals surface area contributed by atoms with Crippen LogP contribution in [0.3, 0.4) is 0 Å². The molecule has 2 fully saturated rings. The number of amides is 2. The summed E-state index contributed by atoms with van der Waals surface area (Å²) in [5, 5.41) is 0.187. The van der Waals surface area contributed by atoms with Gasteiger partial charge < -0.3 is 0 Å². The number of nitrogens with zero attached hydrogens (tertiary/aromatic N) is 4. The molecule has 4 rings (SSSR count). The molecule has 1 saturated heterocycles. The Bertz CT molecular complexity index is 796. The van der Waals surface area contributed by atoms with Crippen LogP contribution in [-0.2, 0) is 6.67 Å². The maximum atomic E-state index is 12.9. The Labute approximate surface area is 144 Å². The van der Waals surface area contributed by atoms with Crippen molar-refractivity contribution in [1.29, 1.82) is 0 Å². The predicted octanol–water partition coefficient (Wildman–Crippen LogP) is 3.92. The molecule has 0 bridgehead atoms.